The maximum absolute atomic E-state index is 12.8. The lowest BCUT2D eigenvalue weighted by atomic mass is 10.0. The number of furan rings is 1. The number of ether oxygens (including phenoxy) is 1. The lowest BCUT2D eigenvalue weighted by Gasteiger charge is -2.35. The summed E-state index contributed by atoms with van der Waals surface area (Å²) in [5.74, 6) is 1.49. The Morgan fingerprint density at radius 3 is 2.81 bits per heavy atom. The Balaban J connectivity index is 1.39. The maximum atomic E-state index is 12.8. The Labute approximate surface area is 156 Å². The van der Waals surface area contributed by atoms with Crippen molar-refractivity contribution in [3.8, 4) is 0 Å². The van der Waals surface area contributed by atoms with Gasteiger partial charge in [-0.25, -0.2) is 4.68 Å². The van der Waals surface area contributed by atoms with Gasteiger partial charge in [-0.3, -0.25) is 19.1 Å². The molecule has 1 spiro atoms. The number of aromatic nitrogens is 3. The van der Waals surface area contributed by atoms with Gasteiger partial charge in [0.25, 0.3) is 0 Å². The number of rotatable bonds is 3. The van der Waals surface area contributed by atoms with Crippen LogP contribution >= 0.6 is 0 Å². The van der Waals surface area contributed by atoms with Gasteiger partial charge in [0.2, 0.25) is 0 Å². The third-order valence-corrected chi connectivity index (χ3v) is 6.15. The van der Waals surface area contributed by atoms with Crippen LogP contribution in [0.4, 0.5) is 0 Å². The van der Waals surface area contributed by atoms with Crippen LogP contribution in [-0.4, -0.2) is 37.9 Å². The van der Waals surface area contributed by atoms with Crippen molar-refractivity contribution in [1.29, 1.82) is 0 Å². The smallest absolute Gasteiger partial charge is 0.332 e. The van der Waals surface area contributed by atoms with E-state index < -0.39 is 16.7 Å². The lowest BCUT2D eigenvalue weighted by Crippen LogP contribution is -2.53. The molecule has 1 saturated heterocycles. The molecule has 0 aromatic carbocycles. The minimum absolute atomic E-state index is 0.0576. The predicted octanol–water partition coefficient (Wildman–Crippen LogP) is 1.29. The van der Waals surface area contributed by atoms with Crippen LogP contribution in [0.2, 0.25) is 0 Å². The Morgan fingerprint density at radius 2 is 2.04 bits per heavy atom. The lowest BCUT2D eigenvalue weighted by molar-refractivity contribution is -0.0862. The van der Waals surface area contributed by atoms with Crippen molar-refractivity contribution in [3.05, 3.63) is 50.7 Å². The Bertz CT molecular complexity index is 942. The number of likely N-dealkylation sites (tertiary alicyclic amines) is 1. The molecule has 0 N–H and O–H groups in total. The summed E-state index contributed by atoms with van der Waals surface area (Å²) in [5.41, 5.74) is -1.39. The first kappa shape index (κ1) is 16.9. The first-order valence-corrected chi connectivity index (χ1v) is 9.75. The molecule has 8 heteroatoms. The van der Waals surface area contributed by atoms with Crippen molar-refractivity contribution in [2.24, 2.45) is 0 Å². The van der Waals surface area contributed by atoms with Crippen LogP contribution in [0.3, 0.4) is 0 Å². The summed E-state index contributed by atoms with van der Waals surface area (Å²) < 4.78 is 14.6. The minimum Gasteiger partial charge on any atom is -0.468 e. The molecule has 2 aromatic rings. The molecule has 5 rings (SSSR count). The second-order valence-corrected chi connectivity index (χ2v) is 8.01. The van der Waals surface area contributed by atoms with Crippen molar-refractivity contribution in [1.82, 2.24) is 19.2 Å². The second kappa shape index (κ2) is 6.45. The first-order valence-electron chi connectivity index (χ1n) is 9.75. The zero-order chi connectivity index (χ0) is 18.4. The Morgan fingerprint density at radius 1 is 1.19 bits per heavy atom. The average molecular weight is 372 g/mol. The normalized spacial score (nSPS) is 26.1. The van der Waals surface area contributed by atoms with E-state index in [2.05, 4.69) is 10.00 Å². The third-order valence-electron chi connectivity index (χ3n) is 6.15. The van der Waals surface area contributed by atoms with E-state index in [1.807, 2.05) is 12.1 Å². The zero-order valence-corrected chi connectivity index (χ0v) is 15.3. The average Bonchev–Trinajstić information content (AvgIpc) is 3.42. The van der Waals surface area contributed by atoms with E-state index in [0.717, 1.165) is 51.0 Å². The Hall–Kier alpha value is -2.19. The van der Waals surface area contributed by atoms with Gasteiger partial charge in [0, 0.05) is 13.1 Å². The fraction of sp³-hybridized carbons (Fsp3) is 0.632. The zero-order valence-electron chi connectivity index (χ0n) is 15.3. The van der Waals surface area contributed by atoms with Crippen LogP contribution in [0.5, 0.6) is 0 Å². The molecule has 27 heavy (non-hydrogen) atoms. The van der Waals surface area contributed by atoms with Gasteiger partial charge >= 0.3 is 11.1 Å². The van der Waals surface area contributed by atoms with Crippen LogP contribution in [-0.2, 0) is 24.4 Å². The molecule has 3 aliphatic rings. The summed E-state index contributed by atoms with van der Waals surface area (Å²) in [7, 11) is 0. The van der Waals surface area contributed by atoms with E-state index in [1.54, 1.807) is 10.8 Å². The highest BCUT2D eigenvalue weighted by atomic mass is 16.5. The molecule has 0 radical (unpaired) electrons. The van der Waals surface area contributed by atoms with Crippen molar-refractivity contribution in [2.75, 3.05) is 13.1 Å². The van der Waals surface area contributed by atoms with Crippen LogP contribution < -0.4 is 11.1 Å². The predicted molar refractivity (Wildman–Crippen MR) is 96.4 cm³/mol. The van der Waals surface area contributed by atoms with E-state index in [0.29, 0.717) is 18.9 Å². The van der Waals surface area contributed by atoms with Crippen LogP contribution in [0.25, 0.3) is 0 Å². The molecule has 1 aliphatic carbocycles. The van der Waals surface area contributed by atoms with E-state index >= 15 is 0 Å². The number of hydrogen-bond acceptors (Lipinski definition) is 6. The van der Waals surface area contributed by atoms with Crippen molar-refractivity contribution in [2.45, 2.75) is 63.4 Å². The van der Waals surface area contributed by atoms with Gasteiger partial charge in [-0.2, -0.15) is 5.10 Å². The van der Waals surface area contributed by atoms with Gasteiger partial charge in [-0.15, -0.1) is 0 Å². The fourth-order valence-electron chi connectivity index (χ4n) is 4.70. The van der Waals surface area contributed by atoms with E-state index in [9.17, 15) is 9.59 Å². The number of nitrogens with zero attached hydrogens (tertiary/aromatic N) is 4. The standard InChI is InChI=1S/C19H24N4O4/c24-17-18(25)23(14-4-1-2-5-14)20-16-11-27-19(13-22(16)17)7-8-21(12-19)10-15-6-3-9-26-15/h3,6,9,14H,1-2,4-5,7-8,10-13H2. The minimum atomic E-state index is -0.492. The molecular formula is C19H24N4O4. The van der Waals surface area contributed by atoms with E-state index in [-0.39, 0.29) is 12.6 Å². The molecule has 2 aliphatic heterocycles. The number of fused-ring (bicyclic) bond motifs is 1. The highest BCUT2D eigenvalue weighted by Gasteiger charge is 2.43. The summed E-state index contributed by atoms with van der Waals surface area (Å²) in [6.07, 6.45) is 6.51. The molecule has 1 unspecified atom stereocenters. The molecule has 0 amide bonds. The Kier molecular flexibility index (Phi) is 4.05. The van der Waals surface area contributed by atoms with E-state index in [1.165, 1.54) is 4.68 Å². The van der Waals surface area contributed by atoms with Crippen molar-refractivity contribution >= 4 is 0 Å². The van der Waals surface area contributed by atoms with Gasteiger partial charge < -0.3 is 9.15 Å². The molecule has 144 valence electrons. The van der Waals surface area contributed by atoms with E-state index in [4.69, 9.17) is 9.15 Å². The summed E-state index contributed by atoms with van der Waals surface area (Å²) in [4.78, 5) is 27.7. The third kappa shape index (κ3) is 2.96. The molecule has 0 bridgehead atoms. The van der Waals surface area contributed by atoms with Crippen molar-refractivity contribution < 1.29 is 9.15 Å². The van der Waals surface area contributed by atoms with Gasteiger partial charge in [-0.1, -0.05) is 12.8 Å². The van der Waals surface area contributed by atoms with Crippen LogP contribution in [0, 0.1) is 0 Å². The molecule has 2 aromatic heterocycles. The van der Waals surface area contributed by atoms with Gasteiger partial charge in [-0.05, 0) is 31.4 Å². The SMILES string of the molecule is O=c1c(=O)n2c(nn1C1CCCC1)COC1(CCN(Cc3ccco3)C1)C2. The summed E-state index contributed by atoms with van der Waals surface area (Å²) in [5, 5.41) is 4.50. The molecule has 1 saturated carbocycles. The summed E-state index contributed by atoms with van der Waals surface area (Å²) in [6.45, 7) is 2.98. The van der Waals surface area contributed by atoms with Gasteiger partial charge in [0.1, 0.15) is 18.0 Å². The molecule has 1 atom stereocenters. The highest BCUT2D eigenvalue weighted by Crippen LogP contribution is 2.32. The monoisotopic (exact) mass is 372 g/mol. The summed E-state index contributed by atoms with van der Waals surface area (Å²) >= 11 is 0. The van der Waals surface area contributed by atoms with Gasteiger partial charge in [0.05, 0.1) is 25.4 Å². The van der Waals surface area contributed by atoms with Gasteiger partial charge in [0.15, 0.2) is 5.82 Å². The second-order valence-electron chi connectivity index (χ2n) is 8.01. The molecular weight excluding hydrogens is 348 g/mol. The maximum Gasteiger partial charge on any atom is 0.332 e. The van der Waals surface area contributed by atoms with Crippen molar-refractivity contribution in [3.63, 3.8) is 0 Å². The topological polar surface area (TPSA) is 82.5 Å². The summed E-state index contributed by atoms with van der Waals surface area (Å²) in [6, 6.07) is 3.90. The molecule has 4 heterocycles. The molecule has 8 nitrogen and oxygen atoms in total. The molecule has 2 fully saturated rings. The van der Waals surface area contributed by atoms with Crippen LogP contribution in [0.1, 0.15) is 49.7 Å². The fourth-order valence-corrected chi connectivity index (χ4v) is 4.70. The largest absolute Gasteiger partial charge is 0.468 e. The van der Waals surface area contributed by atoms with Crippen LogP contribution in [0.15, 0.2) is 32.4 Å². The highest BCUT2D eigenvalue weighted by molar-refractivity contribution is 5.04. The number of hydrogen-bond donors (Lipinski definition) is 0. The quantitative estimate of drug-likeness (QED) is 0.755. The first-order chi connectivity index (χ1) is 13.1.